The van der Waals surface area contributed by atoms with Gasteiger partial charge in [-0.05, 0) is 39.8 Å². The van der Waals surface area contributed by atoms with E-state index in [-0.39, 0.29) is 5.54 Å². The number of likely N-dealkylation sites (tertiary alicyclic amines) is 1. The summed E-state index contributed by atoms with van der Waals surface area (Å²) >= 11 is 6.23. The number of nitrogens with zero attached hydrogens (tertiary/aromatic N) is 3. The topological polar surface area (TPSA) is 50.5 Å². The largest absolute Gasteiger partial charge is 0.385 e. The van der Waals surface area contributed by atoms with Gasteiger partial charge < -0.3 is 9.84 Å². The zero-order valence-corrected chi connectivity index (χ0v) is 13.2. The van der Waals surface area contributed by atoms with Gasteiger partial charge in [0.2, 0.25) is 0 Å². The molecule has 1 unspecified atom stereocenters. The van der Waals surface area contributed by atoms with Gasteiger partial charge in [-0.1, -0.05) is 11.6 Å². The average Bonchev–Trinajstić information content (AvgIpc) is 3.05. The van der Waals surface area contributed by atoms with E-state index in [1.165, 1.54) is 12.8 Å². The molecule has 1 aromatic heterocycles. The molecule has 6 heteroatoms. The van der Waals surface area contributed by atoms with E-state index < -0.39 is 6.10 Å². The fraction of sp³-hybridized carbons (Fsp3) is 0.786. The van der Waals surface area contributed by atoms with E-state index in [1.807, 2.05) is 0 Å². The van der Waals surface area contributed by atoms with Gasteiger partial charge in [0.05, 0.1) is 30.1 Å². The molecule has 0 radical (unpaired) electrons. The predicted molar refractivity (Wildman–Crippen MR) is 79.0 cm³/mol. The van der Waals surface area contributed by atoms with Crippen molar-refractivity contribution in [1.29, 1.82) is 0 Å². The number of aromatic nitrogens is 2. The number of rotatable bonds is 6. The summed E-state index contributed by atoms with van der Waals surface area (Å²) in [6.45, 7) is 7.30. The highest BCUT2D eigenvalue weighted by molar-refractivity contribution is 6.31. The molecule has 1 aromatic rings. The van der Waals surface area contributed by atoms with Gasteiger partial charge in [-0.3, -0.25) is 9.58 Å². The number of ether oxygens (including phenoxy) is 1. The van der Waals surface area contributed by atoms with Crippen LogP contribution in [0.5, 0.6) is 0 Å². The molecule has 5 nitrogen and oxygen atoms in total. The lowest BCUT2D eigenvalue weighted by Crippen LogP contribution is -2.47. The maximum Gasteiger partial charge on any atom is 0.115 e. The highest BCUT2D eigenvalue weighted by atomic mass is 35.5. The monoisotopic (exact) mass is 301 g/mol. The molecular formula is C14H24ClN3O2. The van der Waals surface area contributed by atoms with Crippen molar-refractivity contribution in [1.82, 2.24) is 14.7 Å². The van der Waals surface area contributed by atoms with Crippen molar-refractivity contribution in [2.75, 3.05) is 26.8 Å². The van der Waals surface area contributed by atoms with E-state index in [4.69, 9.17) is 16.3 Å². The smallest absolute Gasteiger partial charge is 0.115 e. The van der Waals surface area contributed by atoms with Gasteiger partial charge in [0, 0.05) is 12.6 Å². The molecule has 0 aromatic carbocycles. The van der Waals surface area contributed by atoms with Crippen LogP contribution in [0.2, 0.25) is 5.02 Å². The van der Waals surface area contributed by atoms with Crippen LogP contribution in [0.25, 0.3) is 0 Å². The normalized spacial score (nSPS) is 18.6. The van der Waals surface area contributed by atoms with Crippen molar-refractivity contribution in [2.45, 2.75) is 44.9 Å². The third kappa shape index (κ3) is 3.01. The fourth-order valence-electron chi connectivity index (χ4n) is 2.80. The Labute approximate surface area is 125 Å². The summed E-state index contributed by atoms with van der Waals surface area (Å²) in [6, 6.07) is 0. The number of methoxy groups -OCH3 is 1. The molecule has 1 atom stereocenters. The summed E-state index contributed by atoms with van der Waals surface area (Å²) < 4.78 is 6.82. The number of hydrogen-bond acceptors (Lipinski definition) is 4. The van der Waals surface area contributed by atoms with E-state index in [9.17, 15) is 5.11 Å². The Morgan fingerprint density at radius 3 is 2.70 bits per heavy atom. The van der Waals surface area contributed by atoms with E-state index in [1.54, 1.807) is 18.0 Å². The van der Waals surface area contributed by atoms with Crippen LogP contribution >= 0.6 is 11.6 Å². The SMILES string of the molecule is COCCn1ncc(Cl)c1C(O)C(C)(C)N1CCCC1. The van der Waals surface area contributed by atoms with Gasteiger partial charge >= 0.3 is 0 Å². The first-order valence-electron chi connectivity index (χ1n) is 7.11. The molecule has 2 rings (SSSR count). The number of aliphatic hydroxyl groups is 1. The molecule has 0 saturated carbocycles. The summed E-state index contributed by atoms with van der Waals surface area (Å²) in [5.74, 6) is 0. The molecule has 20 heavy (non-hydrogen) atoms. The van der Waals surface area contributed by atoms with Crippen molar-refractivity contribution >= 4 is 11.6 Å². The maximum absolute atomic E-state index is 10.8. The lowest BCUT2D eigenvalue weighted by molar-refractivity contribution is -0.00438. The molecular weight excluding hydrogens is 278 g/mol. The number of aliphatic hydroxyl groups excluding tert-OH is 1. The minimum atomic E-state index is -0.674. The van der Waals surface area contributed by atoms with Gasteiger partial charge in [0.15, 0.2) is 0 Å². The van der Waals surface area contributed by atoms with Gasteiger partial charge in [0.1, 0.15) is 6.10 Å². The summed E-state index contributed by atoms with van der Waals surface area (Å²) in [6.07, 6.45) is 3.29. The first kappa shape index (κ1) is 15.8. The van der Waals surface area contributed by atoms with Crippen molar-refractivity contribution in [2.24, 2.45) is 0 Å². The second-order valence-electron chi connectivity index (χ2n) is 5.84. The van der Waals surface area contributed by atoms with Gasteiger partial charge in [0.25, 0.3) is 0 Å². The Kier molecular flexibility index (Phi) is 5.07. The van der Waals surface area contributed by atoms with Crippen LogP contribution in [-0.2, 0) is 11.3 Å². The van der Waals surface area contributed by atoms with Crippen LogP contribution in [0.1, 0.15) is 38.5 Å². The predicted octanol–water partition coefficient (Wildman–Crippen LogP) is 2.09. The van der Waals surface area contributed by atoms with Gasteiger partial charge in [-0.25, -0.2) is 0 Å². The maximum atomic E-state index is 10.8. The van der Waals surface area contributed by atoms with Crippen molar-refractivity contribution in [3.05, 3.63) is 16.9 Å². The van der Waals surface area contributed by atoms with Crippen molar-refractivity contribution < 1.29 is 9.84 Å². The lowest BCUT2D eigenvalue weighted by atomic mass is 9.92. The lowest BCUT2D eigenvalue weighted by Gasteiger charge is -2.39. The molecule has 1 aliphatic heterocycles. The summed E-state index contributed by atoms with van der Waals surface area (Å²) in [5.41, 5.74) is 0.325. The van der Waals surface area contributed by atoms with E-state index in [0.29, 0.717) is 23.9 Å². The van der Waals surface area contributed by atoms with E-state index in [2.05, 4.69) is 23.8 Å². The molecule has 0 amide bonds. The molecule has 2 heterocycles. The Morgan fingerprint density at radius 2 is 2.10 bits per heavy atom. The second-order valence-corrected chi connectivity index (χ2v) is 6.25. The third-order valence-corrected chi connectivity index (χ3v) is 4.48. The van der Waals surface area contributed by atoms with Crippen LogP contribution in [0.3, 0.4) is 0 Å². The highest BCUT2D eigenvalue weighted by Crippen LogP contribution is 2.36. The Morgan fingerprint density at radius 1 is 1.45 bits per heavy atom. The fourth-order valence-corrected chi connectivity index (χ4v) is 3.05. The minimum Gasteiger partial charge on any atom is -0.385 e. The summed E-state index contributed by atoms with van der Waals surface area (Å²) in [5, 5.41) is 15.6. The molecule has 1 N–H and O–H groups in total. The first-order valence-corrected chi connectivity index (χ1v) is 7.49. The highest BCUT2D eigenvalue weighted by Gasteiger charge is 2.39. The van der Waals surface area contributed by atoms with Crippen molar-refractivity contribution in [3.8, 4) is 0 Å². The molecule has 114 valence electrons. The Balaban J connectivity index is 2.22. The molecule has 1 saturated heterocycles. The van der Waals surface area contributed by atoms with Gasteiger partial charge in [-0.2, -0.15) is 5.10 Å². The Hall–Kier alpha value is -0.620. The van der Waals surface area contributed by atoms with Crippen LogP contribution in [-0.4, -0.2) is 52.1 Å². The van der Waals surface area contributed by atoms with Gasteiger partial charge in [-0.15, -0.1) is 0 Å². The summed E-state index contributed by atoms with van der Waals surface area (Å²) in [7, 11) is 1.65. The number of halogens is 1. The summed E-state index contributed by atoms with van der Waals surface area (Å²) in [4.78, 5) is 2.32. The van der Waals surface area contributed by atoms with E-state index in [0.717, 1.165) is 13.1 Å². The average molecular weight is 302 g/mol. The second kappa shape index (κ2) is 6.43. The number of hydrogen-bond donors (Lipinski definition) is 1. The molecule has 1 aliphatic rings. The first-order chi connectivity index (χ1) is 9.48. The van der Waals surface area contributed by atoms with Crippen molar-refractivity contribution in [3.63, 3.8) is 0 Å². The molecule has 0 bridgehead atoms. The van der Waals surface area contributed by atoms with E-state index >= 15 is 0 Å². The molecule has 1 fully saturated rings. The van der Waals surface area contributed by atoms with Crippen LogP contribution < -0.4 is 0 Å². The zero-order valence-electron chi connectivity index (χ0n) is 12.5. The molecule has 0 spiro atoms. The van der Waals surface area contributed by atoms with Crippen LogP contribution in [0.15, 0.2) is 6.20 Å². The Bertz CT molecular complexity index is 442. The zero-order chi connectivity index (χ0) is 14.8. The molecule has 0 aliphatic carbocycles. The van der Waals surface area contributed by atoms with Crippen LogP contribution in [0, 0.1) is 0 Å². The minimum absolute atomic E-state index is 0.356. The quantitative estimate of drug-likeness (QED) is 0.874. The standard InChI is InChI=1S/C14H24ClN3O2/c1-14(2,17-6-4-5-7-17)13(19)12-11(15)10-16-18(12)8-9-20-3/h10,13,19H,4-9H2,1-3H3. The third-order valence-electron chi connectivity index (χ3n) is 4.19. The van der Waals surface area contributed by atoms with Crippen LogP contribution in [0.4, 0.5) is 0 Å².